The monoisotopic (exact) mass is 275 g/mol. The fraction of sp³-hybridized carbons (Fsp3) is 0.562. The van der Waals surface area contributed by atoms with Gasteiger partial charge in [0.25, 0.3) is 0 Å². The molecule has 1 fully saturated rings. The number of amides is 1. The largest absolute Gasteiger partial charge is 0.365 e. The molecule has 1 aliphatic rings. The smallest absolute Gasteiger partial charge is 0.239 e. The van der Waals surface area contributed by atoms with Crippen LogP contribution in [0.25, 0.3) is 0 Å². The van der Waals surface area contributed by atoms with Crippen LogP contribution in [0.3, 0.4) is 0 Å². The summed E-state index contributed by atoms with van der Waals surface area (Å²) < 4.78 is 0. The van der Waals surface area contributed by atoms with Crippen molar-refractivity contribution in [1.29, 1.82) is 0 Å². The number of hydrogen-bond acceptors (Lipinski definition) is 3. The predicted octanol–water partition coefficient (Wildman–Crippen LogP) is 1.82. The van der Waals surface area contributed by atoms with Crippen molar-refractivity contribution in [2.45, 2.75) is 39.3 Å². The Morgan fingerprint density at radius 2 is 2.15 bits per heavy atom. The minimum atomic E-state index is 0.0664. The second-order valence-electron chi connectivity index (χ2n) is 5.60. The highest BCUT2D eigenvalue weighted by atomic mass is 16.2. The van der Waals surface area contributed by atoms with Gasteiger partial charge in [-0.1, -0.05) is 17.7 Å². The van der Waals surface area contributed by atoms with Gasteiger partial charge < -0.3 is 15.5 Å². The van der Waals surface area contributed by atoms with Crippen LogP contribution in [0.4, 0.5) is 5.69 Å². The molecule has 0 atom stereocenters. The third-order valence-electron chi connectivity index (χ3n) is 3.56. The number of anilines is 1. The van der Waals surface area contributed by atoms with Gasteiger partial charge in [0.15, 0.2) is 0 Å². The molecular weight excluding hydrogens is 250 g/mol. The van der Waals surface area contributed by atoms with Crippen molar-refractivity contribution < 1.29 is 4.79 Å². The Hall–Kier alpha value is -1.55. The van der Waals surface area contributed by atoms with Gasteiger partial charge in [-0.3, -0.25) is 4.79 Å². The molecule has 0 heterocycles. The van der Waals surface area contributed by atoms with Crippen molar-refractivity contribution in [2.75, 3.05) is 25.0 Å². The van der Waals surface area contributed by atoms with Crippen LogP contribution in [0.15, 0.2) is 18.2 Å². The molecule has 1 aromatic carbocycles. The molecule has 20 heavy (non-hydrogen) atoms. The lowest BCUT2D eigenvalue weighted by atomic mass is 10.1. The number of carbonyl (C=O) groups is 1. The van der Waals surface area contributed by atoms with Crippen molar-refractivity contribution in [2.24, 2.45) is 0 Å². The van der Waals surface area contributed by atoms with Gasteiger partial charge in [-0.25, -0.2) is 0 Å². The Labute approximate surface area is 121 Å². The van der Waals surface area contributed by atoms with Crippen LogP contribution >= 0.6 is 0 Å². The minimum absolute atomic E-state index is 0.0664. The lowest BCUT2D eigenvalue weighted by Gasteiger charge is -2.22. The van der Waals surface area contributed by atoms with Crippen LogP contribution in [0.5, 0.6) is 0 Å². The summed E-state index contributed by atoms with van der Waals surface area (Å²) in [5.74, 6) is 0.0664. The minimum Gasteiger partial charge on any atom is -0.365 e. The second-order valence-corrected chi connectivity index (χ2v) is 5.60. The van der Waals surface area contributed by atoms with Gasteiger partial charge in [-0.2, -0.15) is 0 Å². The zero-order chi connectivity index (χ0) is 14.5. The second kappa shape index (κ2) is 6.75. The van der Waals surface area contributed by atoms with Gasteiger partial charge in [0, 0.05) is 31.9 Å². The molecule has 110 valence electrons. The fourth-order valence-electron chi connectivity index (χ4n) is 2.32. The average Bonchev–Trinajstić information content (AvgIpc) is 3.20. The lowest BCUT2D eigenvalue weighted by molar-refractivity contribution is -0.119. The van der Waals surface area contributed by atoms with Crippen LogP contribution in [0.2, 0.25) is 0 Å². The third kappa shape index (κ3) is 4.23. The van der Waals surface area contributed by atoms with Crippen molar-refractivity contribution in [1.82, 2.24) is 10.6 Å². The van der Waals surface area contributed by atoms with E-state index in [1.165, 1.54) is 24.0 Å². The van der Waals surface area contributed by atoms with E-state index in [9.17, 15) is 4.79 Å². The van der Waals surface area contributed by atoms with Crippen LogP contribution < -0.4 is 15.5 Å². The molecule has 0 radical (unpaired) electrons. The van der Waals surface area contributed by atoms with Gasteiger partial charge >= 0.3 is 0 Å². The molecule has 1 aromatic rings. The molecule has 2 N–H and O–H groups in total. The Morgan fingerprint density at radius 3 is 2.80 bits per heavy atom. The molecule has 0 aromatic heterocycles. The summed E-state index contributed by atoms with van der Waals surface area (Å²) in [5, 5.41) is 6.39. The first-order valence-corrected chi connectivity index (χ1v) is 7.41. The van der Waals surface area contributed by atoms with Gasteiger partial charge in [-0.15, -0.1) is 0 Å². The number of rotatable bonds is 7. The van der Waals surface area contributed by atoms with E-state index in [0.29, 0.717) is 19.1 Å². The van der Waals surface area contributed by atoms with Crippen molar-refractivity contribution >= 4 is 11.6 Å². The van der Waals surface area contributed by atoms with E-state index in [1.807, 2.05) is 18.9 Å². The van der Waals surface area contributed by atoms with Gasteiger partial charge in [0.1, 0.15) is 0 Å². The van der Waals surface area contributed by atoms with E-state index >= 15 is 0 Å². The molecule has 0 saturated heterocycles. The average molecular weight is 275 g/mol. The van der Waals surface area contributed by atoms with Crippen LogP contribution in [0, 0.1) is 6.92 Å². The highest BCUT2D eigenvalue weighted by molar-refractivity contribution is 5.81. The molecule has 1 aliphatic carbocycles. The lowest BCUT2D eigenvalue weighted by Crippen LogP contribution is -2.35. The molecule has 2 rings (SSSR count). The zero-order valence-corrected chi connectivity index (χ0v) is 12.7. The van der Waals surface area contributed by atoms with Crippen molar-refractivity contribution in [3.05, 3.63) is 29.3 Å². The Morgan fingerprint density at radius 1 is 1.40 bits per heavy atom. The number of nitrogens with zero attached hydrogens (tertiary/aromatic N) is 1. The van der Waals surface area contributed by atoms with Gasteiger partial charge in [0.2, 0.25) is 5.91 Å². The maximum Gasteiger partial charge on any atom is 0.239 e. The Kier molecular flexibility index (Phi) is 5.01. The topological polar surface area (TPSA) is 44.4 Å². The van der Waals surface area contributed by atoms with E-state index in [4.69, 9.17) is 0 Å². The SMILES string of the molecule is CCNC(=O)CN(C)c1ccc(C)cc1CNC1CC1. The Balaban J connectivity index is 2.05. The molecule has 0 spiro atoms. The predicted molar refractivity (Wildman–Crippen MR) is 83.0 cm³/mol. The highest BCUT2D eigenvalue weighted by Gasteiger charge is 2.21. The van der Waals surface area contributed by atoms with E-state index in [0.717, 1.165) is 12.2 Å². The van der Waals surface area contributed by atoms with Crippen LogP contribution in [-0.4, -0.2) is 32.1 Å². The molecule has 1 amide bonds. The molecular formula is C16H25N3O. The normalized spacial score (nSPS) is 14.2. The van der Waals surface area contributed by atoms with Gasteiger partial charge in [-0.05, 0) is 38.3 Å². The maximum atomic E-state index is 11.7. The standard InChI is InChI=1S/C16H25N3O/c1-4-17-16(20)11-19(3)15-8-5-12(2)9-13(15)10-18-14-6-7-14/h5,8-9,14,18H,4,6-7,10-11H2,1-3H3,(H,17,20). The van der Waals surface area contributed by atoms with E-state index in [-0.39, 0.29) is 5.91 Å². The van der Waals surface area contributed by atoms with E-state index < -0.39 is 0 Å². The number of nitrogens with one attached hydrogen (secondary N) is 2. The number of aryl methyl sites for hydroxylation is 1. The first-order valence-electron chi connectivity index (χ1n) is 7.41. The third-order valence-corrected chi connectivity index (χ3v) is 3.56. The molecule has 0 bridgehead atoms. The summed E-state index contributed by atoms with van der Waals surface area (Å²) >= 11 is 0. The highest BCUT2D eigenvalue weighted by Crippen LogP contribution is 2.24. The van der Waals surface area contributed by atoms with E-state index in [2.05, 4.69) is 35.8 Å². The number of likely N-dealkylation sites (N-methyl/N-ethyl adjacent to an activating group) is 2. The molecule has 4 nitrogen and oxygen atoms in total. The van der Waals surface area contributed by atoms with Crippen molar-refractivity contribution in [3.63, 3.8) is 0 Å². The fourth-order valence-corrected chi connectivity index (χ4v) is 2.32. The number of hydrogen-bond donors (Lipinski definition) is 2. The summed E-state index contributed by atoms with van der Waals surface area (Å²) in [7, 11) is 1.97. The van der Waals surface area contributed by atoms with E-state index in [1.54, 1.807) is 0 Å². The maximum absolute atomic E-state index is 11.7. The summed E-state index contributed by atoms with van der Waals surface area (Å²) in [6.45, 7) is 5.99. The Bertz CT molecular complexity index is 469. The summed E-state index contributed by atoms with van der Waals surface area (Å²) in [4.78, 5) is 13.7. The van der Waals surface area contributed by atoms with Crippen molar-refractivity contribution in [3.8, 4) is 0 Å². The van der Waals surface area contributed by atoms with Crippen LogP contribution in [0.1, 0.15) is 30.9 Å². The molecule has 0 unspecified atom stereocenters. The number of carbonyl (C=O) groups excluding carboxylic acids is 1. The number of benzene rings is 1. The molecule has 4 heteroatoms. The summed E-state index contributed by atoms with van der Waals surface area (Å²) in [6, 6.07) is 7.11. The summed E-state index contributed by atoms with van der Waals surface area (Å²) in [6.07, 6.45) is 2.58. The van der Waals surface area contributed by atoms with Gasteiger partial charge in [0.05, 0.1) is 6.54 Å². The molecule has 0 aliphatic heterocycles. The quantitative estimate of drug-likeness (QED) is 0.798. The summed E-state index contributed by atoms with van der Waals surface area (Å²) in [5.41, 5.74) is 3.66. The first-order chi connectivity index (χ1) is 9.60. The zero-order valence-electron chi connectivity index (χ0n) is 12.7. The first kappa shape index (κ1) is 14.9. The van der Waals surface area contributed by atoms with Crippen LogP contribution in [-0.2, 0) is 11.3 Å². The molecule has 1 saturated carbocycles.